The van der Waals surface area contributed by atoms with Crippen LogP contribution in [0, 0.1) is 26.2 Å². The van der Waals surface area contributed by atoms with Crippen LogP contribution in [0.5, 0.6) is 0 Å². The van der Waals surface area contributed by atoms with E-state index in [4.69, 9.17) is 6.42 Å². The highest BCUT2D eigenvalue weighted by molar-refractivity contribution is 5.51. The van der Waals surface area contributed by atoms with Gasteiger partial charge < -0.3 is 5.32 Å². The van der Waals surface area contributed by atoms with Crippen molar-refractivity contribution in [2.24, 2.45) is 0 Å². The molecule has 0 heterocycles. The maximum absolute atomic E-state index is 5.40. The number of rotatable bonds is 3. The van der Waals surface area contributed by atoms with Crippen LogP contribution in [0.3, 0.4) is 0 Å². The number of terminal acetylenes is 1. The molecule has 1 heteroatoms. The lowest BCUT2D eigenvalue weighted by Crippen LogP contribution is -2.03. The van der Waals surface area contributed by atoms with Gasteiger partial charge in [-0.25, -0.2) is 0 Å². The Morgan fingerprint density at radius 2 is 1.72 bits per heavy atom. The molecule has 2 aromatic carbocycles. The zero-order chi connectivity index (χ0) is 13.0. The molecule has 2 aromatic rings. The Morgan fingerprint density at radius 1 is 1.06 bits per heavy atom. The van der Waals surface area contributed by atoms with Crippen molar-refractivity contribution in [3.8, 4) is 12.3 Å². The highest BCUT2D eigenvalue weighted by Gasteiger charge is 2.01. The summed E-state index contributed by atoms with van der Waals surface area (Å²) < 4.78 is 0. The molecule has 0 aliphatic rings. The van der Waals surface area contributed by atoms with Crippen molar-refractivity contribution in [3.63, 3.8) is 0 Å². The minimum Gasteiger partial charge on any atom is -0.381 e. The second-order valence-corrected chi connectivity index (χ2v) is 4.45. The number of nitrogens with one attached hydrogen (secondary N) is 1. The first kappa shape index (κ1) is 12.3. The lowest BCUT2D eigenvalue weighted by molar-refractivity contribution is 1.09. The van der Waals surface area contributed by atoms with Crippen LogP contribution >= 0.6 is 0 Å². The molecule has 1 nitrogen and oxygen atoms in total. The van der Waals surface area contributed by atoms with E-state index in [0.29, 0.717) is 0 Å². The molecular formula is C17H17N. The van der Waals surface area contributed by atoms with Crippen LogP contribution in [0.4, 0.5) is 5.69 Å². The molecule has 0 saturated heterocycles. The van der Waals surface area contributed by atoms with Gasteiger partial charge in [-0.1, -0.05) is 30.2 Å². The predicted molar refractivity (Wildman–Crippen MR) is 77.6 cm³/mol. The van der Waals surface area contributed by atoms with Crippen molar-refractivity contribution in [1.29, 1.82) is 0 Å². The fourth-order valence-electron chi connectivity index (χ4n) is 2.04. The maximum Gasteiger partial charge on any atom is 0.0406 e. The second kappa shape index (κ2) is 5.42. The molecule has 0 saturated carbocycles. The van der Waals surface area contributed by atoms with Crippen molar-refractivity contribution in [2.75, 3.05) is 5.32 Å². The molecule has 2 rings (SSSR count). The molecule has 0 amide bonds. The molecule has 0 aliphatic carbocycles. The minimum atomic E-state index is 0.826. The summed E-state index contributed by atoms with van der Waals surface area (Å²) in [6, 6.07) is 14.3. The first-order chi connectivity index (χ1) is 8.70. The summed E-state index contributed by atoms with van der Waals surface area (Å²) in [5, 5.41) is 3.42. The van der Waals surface area contributed by atoms with E-state index in [1.54, 1.807) is 0 Å². The van der Waals surface area contributed by atoms with Gasteiger partial charge in [0.2, 0.25) is 0 Å². The summed E-state index contributed by atoms with van der Waals surface area (Å²) in [6.07, 6.45) is 5.40. The summed E-state index contributed by atoms with van der Waals surface area (Å²) >= 11 is 0. The Balaban J connectivity index is 2.14. The Kier molecular flexibility index (Phi) is 3.69. The van der Waals surface area contributed by atoms with Crippen LogP contribution in [0.15, 0.2) is 42.5 Å². The fourth-order valence-corrected chi connectivity index (χ4v) is 2.04. The predicted octanol–water partition coefficient (Wildman–Crippen LogP) is 3.90. The van der Waals surface area contributed by atoms with Gasteiger partial charge >= 0.3 is 0 Å². The Labute approximate surface area is 109 Å². The summed E-state index contributed by atoms with van der Waals surface area (Å²) in [6.45, 7) is 5.11. The normalized spacial score (nSPS) is 9.83. The number of hydrogen-bond acceptors (Lipinski definition) is 1. The molecule has 0 fully saturated rings. The summed E-state index contributed by atoms with van der Waals surface area (Å²) in [5.74, 6) is 2.65. The molecular weight excluding hydrogens is 218 g/mol. The van der Waals surface area contributed by atoms with E-state index in [-0.39, 0.29) is 0 Å². The summed E-state index contributed by atoms with van der Waals surface area (Å²) in [4.78, 5) is 0. The zero-order valence-corrected chi connectivity index (χ0v) is 10.8. The van der Waals surface area contributed by atoms with Crippen molar-refractivity contribution in [2.45, 2.75) is 20.4 Å². The number of benzene rings is 2. The van der Waals surface area contributed by atoms with Crippen LogP contribution in [-0.4, -0.2) is 0 Å². The van der Waals surface area contributed by atoms with Gasteiger partial charge in [0.1, 0.15) is 0 Å². The number of aryl methyl sites for hydroxylation is 2. The van der Waals surface area contributed by atoms with Gasteiger partial charge in [0.05, 0.1) is 0 Å². The minimum absolute atomic E-state index is 0.826. The van der Waals surface area contributed by atoms with Crippen LogP contribution in [-0.2, 0) is 6.54 Å². The van der Waals surface area contributed by atoms with Crippen molar-refractivity contribution >= 4 is 5.69 Å². The third kappa shape index (κ3) is 2.73. The SMILES string of the molecule is C#Cc1cccc(NCc2c(C)cccc2C)c1. The van der Waals surface area contributed by atoms with E-state index < -0.39 is 0 Å². The topological polar surface area (TPSA) is 12.0 Å². The zero-order valence-electron chi connectivity index (χ0n) is 10.8. The van der Waals surface area contributed by atoms with E-state index in [0.717, 1.165) is 17.8 Å². The lowest BCUT2D eigenvalue weighted by atomic mass is 10.0. The first-order valence-electron chi connectivity index (χ1n) is 6.06. The Bertz CT molecular complexity index is 571. The van der Waals surface area contributed by atoms with Gasteiger partial charge in [0.15, 0.2) is 0 Å². The van der Waals surface area contributed by atoms with E-state index >= 15 is 0 Å². The second-order valence-electron chi connectivity index (χ2n) is 4.45. The molecule has 0 unspecified atom stereocenters. The summed E-state index contributed by atoms with van der Waals surface area (Å²) in [5.41, 5.74) is 5.95. The van der Waals surface area contributed by atoms with E-state index in [1.165, 1.54) is 16.7 Å². The highest BCUT2D eigenvalue weighted by atomic mass is 14.9. The lowest BCUT2D eigenvalue weighted by Gasteiger charge is -2.12. The summed E-state index contributed by atoms with van der Waals surface area (Å²) in [7, 11) is 0. The molecule has 0 aromatic heterocycles. The van der Waals surface area contributed by atoms with Gasteiger partial charge in [0.25, 0.3) is 0 Å². The fraction of sp³-hybridized carbons (Fsp3) is 0.176. The van der Waals surface area contributed by atoms with E-state index in [9.17, 15) is 0 Å². The largest absolute Gasteiger partial charge is 0.381 e. The van der Waals surface area contributed by atoms with Crippen LogP contribution < -0.4 is 5.32 Å². The smallest absolute Gasteiger partial charge is 0.0406 e. The number of hydrogen-bond donors (Lipinski definition) is 1. The van der Waals surface area contributed by atoms with Gasteiger partial charge in [-0.15, -0.1) is 6.42 Å². The monoisotopic (exact) mass is 235 g/mol. The molecule has 0 atom stereocenters. The van der Waals surface area contributed by atoms with E-state index in [2.05, 4.69) is 43.3 Å². The van der Waals surface area contributed by atoms with Crippen LogP contribution in [0.25, 0.3) is 0 Å². The van der Waals surface area contributed by atoms with E-state index in [1.807, 2.05) is 24.3 Å². The van der Waals surface area contributed by atoms with Crippen LogP contribution in [0.2, 0.25) is 0 Å². The van der Waals surface area contributed by atoms with Gasteiger partial charge in [0, 0.05) is 17.8 Å². The van der Waals surface area contributed by atoms with Gasteiger partial charge in [-0.2, -0.15) is 0 Å². The van der Waals surface area contributed by atoms with Gasteiger partial charge in [-0.05, 0) is 48.7 Å². The highest BCUT2D eigenvalue weighted by Crippen LogP contribution is 2.16. The molecule has 0 spiro atoms. The average Bonchev–Trinajstić information content (AvgIpc) is 2.38. The Hall–Kier alpha value is -2.20. The number of anilines is 1. The van der Waals surface area contributed by atoms with Crippen molar-refractivity contribution < 1.29 is 0 Å². The molecule has 18 heavy (non-hydrogen) atoms. The maximum atomic E-state index is 5.40. The standard InChI is InChI=1S/C17H17N/c1-4-15-9-6-10-16(11-15)18-12-17-13(2)7-5-8-14(17)3/h1,5-11,18H,12H2,2-3H3. The third-order valence-corrected chi connectivity index (χ3v) is 3.14. The van der Waals surface area contributed by atoms with Gasteiger partial charge in [-0.3, -0.25) is 0 Å². The third-order valence-electron chi connectivity index (χ3n) is 3.14. The first-order valence-corrected chi connectivity index (χ1v) is 6.06. The molecule has 1 N–H and O–H groups in total. The quantitative estimate of drug-likeness (QED) is 0.796. The molecule has 90 valence electrons. The van der Waals surface area contributed by atoms with Crippen molar-refractivity contribution in [3.05, 3.63) is 64.7 Å². The Morgan fingerprint density at radius 3 is 2.39 bits per heavy atom. The molecule has 0 radical (unpaired) electrons. The average molecular weight is 235 g/mol. The molecule has 0 bridgehead atoms. The molecule has 0 aliphatic heterocycles. The van der Waals surface area contributed by atoms with Crippen LogP contribution in [0.1, 0.15) is 22.3 Å². The van der Waals surface area contributed by atoms with Crippen molar-refractivity contribution in [1.82, 2.24) is 0 Å².